The molecular weight excluding hydrogens is 272 g/mol. The summed E-state index contributed by atoms with van der Waals surface area (Å²) >= 11 is 0.917. The molecule has 1 fully saturated rings. The monoisotopic (exact) mass is 280 g/mol. The number of hydrogen-bond acceptors (Lipinski definition) is 5. The SMILES string of the molecule is O=C(OC1CCC1)c1csc(S(=O)(=O)Cl)c1. The number of halogens is 1. The van der Waals surface area contributed by atoms with Crippen molar-refractivity contribution in [2.24, 2.45) is 0 Å². The lowest BCUT2D eigenvalue weighted by Gasteiger charge is -2.24. The highest BCUT2D eigenvalue weighted by Crippen LogP contribution is 2.27. The Morgan fingerprint density at radius 3 is 2.62 bits per heavy atom. The lowest BCUT2D eigenvalue weighted by atomic mass is 9.96. The molecule has 0 atom stereocenters. The van der Waals surface area contributed by atoms with Crippen LogP contribution in [0.3, 0.4) is 0 Å². The summed E-state index contributed by atoms with van der Waals surface area (Å²) in [4.78, 5) is 11.5. The summed E-state index contributed by atoms with van der Waals surface area (Å²) in [5.41, 5.74) is 0.246. The smallest absolute Gasteiger partial charge is 0.339 e. The van der Waals surface area contributed by atoms with Crippen LogP contribution in [0, 0.1) is 0 Å². The van der Waals surface area contributed by atoms with Crippen molar-refractivity contribution in [1.82, 2.24) is 0 Å². The van der Waals surface area contributed by atoms with Crippen molar-refractivity contribution in [3.63, 3.8) is 0 Å². The minimum absolute atomic E-state index is 0.0107. The van der Waals surface area contributed by atoms with Gasteiger partial charge in [-0.2, -0.15) is 0 Å². The second-order valence-corrected chi connectivity index (χ2v) is 7.25. The Bertz CT molecular complexity index is 501. The summed E-state index contributed by atoms with van der Waals surface area (Å²) in [6.07, 6.45) is 2.83. The average Bonchev–Trinajstić information content (AvgIpc) is 2.58. The predicted octanol–water partition coefficient (Wildman–Crippen LogP) is 2.38. The number of esters is 1. The van der Waals surface area contributed by atoms with Crippen LogP contribution in [0.4, 0.5) is 0 Å². The Hall–Kier alpha value is -0.590. The minimum Gasteiger partial charge on any atom is -0.459 e. The summed E-state index contributed by atoms with van der Waals surface area (Å²) in [6, 6.07) is 1.24. The van der Waals surface area contributed by atoms with Gasteiger partial charge >= 0.3 is 5.97 Å². The molecule has 1 saturated carbocycles. The highest BCUT2D eigenvalue weighted by molar-refractivity contribution is 8.15. The number of ether oxygens (including phenoxy) is 1. The van der Waals surface area contributed by atoms with E-state index in [9.17, 15) is 13.2 Å². The molecule has 1 aromatic heterocycles. The number of thiophene rings is 1. The van der Waals surface area contributed by atoms with Gasteiger partial charge in [0.25, 0.3) is 9.05 Å². The van der Waals surface area contributed by atoms with E-state index in [1.807, 2.05) is 0 Å². The second-order valence-electron chi connectivity index (χ2n) is 3.55. The molecule has 1 aromatic rings. The van der Waals surface area contributed by atoms with Crippen molar-refractivity contribution in [2.45, 2.75) is 29.6 Å². The molecule has 0 aliphatic heterocycles. The fraction of sp³-hybridized carbons (Fsp3) is 0.444. The van der Waals surface area contributed by atoms with Crippen molar-refractivity contribution in [3.05, 3.63) is 17.0 Å². The lowest BCUT2D eigenvalue weighted by molar-refractivity contribution is 0.00905. The first-order valence-corrected chi connectivity index (χ1v) is 7.90. The molecule has 1 heterocycles. The standard InChI is InChI=1S/C9H9ClO4S2/c10-16(12,13)8-4-6(5-15-8)9(11)14-7-2-1-3-7/h4-5,7H,1-3H2. The van der Waals surface area contributed by atoms with Gasteiger partial charge in [-0.05, 0) is 25.3 Å². The molecule has 0 amide bonds. The zero-order valence-corrected chi connectivity index (χ0v) is 10.6. The van der Waals surface area contributed by atoms with Gasteiger partial charge in [-0.15, -0.1) is 11.3 Å². The van der Waals surface area contributed by atoms with Crippen LogP contribution in [0.25, 0.3) is 0 Å². The van der Waals surface area contributed by atoms with Gasteiger partial charge in [-0.25, -0.2) is 13.2 Å². The fourth-order valence-electron chi connectivity index (χ4n) is 1.26. The van der Waals surface area contributed by atoms with Crippen molar-refractivity contribution >= 4 is 37.0 Å². The summed E-state index contributed by atoms with van der Waals surface area (Å²) in [5, 5.41) is 1.44. The first kappa shape index (κ1) is 11.9. The van der Waals surface area contributed by atoms with Crippen LogP contribution < -0.4 is 0 Å². The zero-order chi connectivity index (χ0) is 11.8. The van der Waals surface area contributed by atoms with Crippen molar-refractivity contribution in [3.8, 4) is 0 Å². The molecule has 4 nitrogen and oxygen atoms in total. The molecule has 0 radical (unpaired) electrons. The maximum absolute atomic E-state index is 11.5. The molecule has 1 aliphatic rings. The zero-order valence-electron chi connectivity index (χ0n) is 8.18. The van der Waals surface area contributed by atoms with Gasteiger partial charge in [0, 0.05) is 16.1 Å². The Labute approximate surface area is 102 Å². The number of hydrogen-bond donors (Lipinski definition) is 0. The van der Waals surface area contributed by atoms with E-state index in [1.54, 1.807) is 0 Å². The van der Waals surface area contributed by atoms with E-state index < -0.39 is 15.0 Å². The molecular formula is C9H9ClO4S2. The van der Waals surface area contributed by atoms with Crippen LogP contribution in [-0.2, 0) is 13.8 Å². The Balaban J connectivity index is 2.09. The third kappa shape index (κ3) is 2.56. The van der Waals surface area contributed by atoms with E-state index in [1.165, 1.54) is 11.4 Å². The summed E-state index contributed by atoms with van der Waals surface area (Å²) in [7, 11) is 1.40. The summed E-state index contributed by atoms with van der Waals surface area (Å²) in [6.45, 7) is 0. The maximum atomic E-state index is 11.5. The molecule has 2 rings (SSSR count). The first-order valence-electron chi connectivity index (χ1n) is 4.71. The lowest BCUT2D eigenvalue weighted by Crippen LogP contribution is -2.24. The fourth-order valence-corrected chi connectivity index (χ4v) is 3.19. The van der Waals surface area contributed by atoms with Crippen molar-refractivity contribution in [1.29, 1.82) is 0 Å². The van der Waals surface area contributed by atoms with E-state index in [2.05, 4.69) is 0 Å². The molecule has 0 unspecified atom stereocenters. The van der Waals surface area contributed by atoms with Gasteiger partial charge in [-0.1, -0.05) is 0 Å². The van der Waals surface area contributed by atoms with E-state index in [-0.39, 0.29) is 15.9 Å². The highest BCUT2D eigenvalue weighted by Gasteiger charge is 2.24. The molecule has 0 spiro atoms. The molecule has 16 heavy (non-hydrogen) atoms. The summed E-state index contributed by atoms with van der Waals surface area (Å²) in [5.74, 6) is -0.479. The largest absolute Gasteiger partial charge is 0.459 e. The molecule has 7 heteroatoms. The third-order valence-electron chi connectivity index (χ3n) is 2.38. The molecule has 0 bridgehead atoms. The number of carbonyl (C=O) groups excluding carboxylic acids is 1. The van der Waals surface area contributed by atoms with E-state index in [0.29, 0.717) is 0 Å². The molecule has 0 N–H and O–H groups in total. The van der Waals surface area contributed by atoms with E-state index in [0.717, 1.165) is 30.6 Å². The predicted molar refractivity (Wildman–Crippen MR) is 60.4 cm³/mol. The highest BCUT2D eigenvalue weighted by atomic mass is 35.7. The van der Waals surface area contributed by atoms with E-state index in [4.69, 9.17) is 15.4 Å². The van der Waals surface area contributed by atoms with E-state index >= 15 is 0 Å². The van der Waals surface area contributed by atoms with Gasteiger partial charge in [0.2, 0.25) is 0 Å². The van der Waals surface area contributed by atoms with Crippen LogP contribution >= 0.6 is 22.0 Å². The third-order valence-corrected chi connectivity index (χ3v) is 5.42. The molecule has 1 aliphatic carbocycles. The van der Waals surface area contributed by atoms with Crippen LogP contribution in [0.15, 0.2) is 15.7 Å². The van der Waals surface area contributed by atoms with Crippen molar-refractivity contribution in [2.75, 3.05) is 0 Å². The number of rotatable bonds is 3. The molecule has 88 valence electrons. The van der Waals surface area contributed by atoms with Gasteiger partial charge in [0.05, 0.1) is 5.56 Å². The molecule has 0 saturated heterocycles. The normalized spacial score (nSPS) is 16.8. The summed E-state index contributed by atoms with van der Waals surface area (Å²) < 4.78 is 27.1. The van der Waals surface area contributed by atoms with Gasteiger partial charge in [-0.3, -0.25) is 0 Å². The first-order chi connectivity index (χ1) is 7.47. The second kappa shape index (κ2) is 4.35. The van der Waals surface area contributed by atoms with Gasteiger partial charge < -0.3 is 4.74 Å². The quantitative estimate of drug-likeness (QED) is 0.630. The van der Waals surface area contributed by atoms with Crippen molar-refractivity contribution < 1.29 is 17.9 Å². The van der Waals surface area contributed by atoms with Gasteiger partial charge in [0.15, 0.2) is 0 Å². The van der Waals surface area contributed by atoms with Gasteiger partial charge in [0.1, 0.15) is 10.3 Å². The topological polar surface area (TPSA) is 60.4 Å². The Kier molecular flexibility index (Phi) is 3.23. The molecule has 0 aromatic carbocycles. The Morgan fingerprint density at radius 2 is 2.19 bits per heavy atom. The van der Waals surface area contributed by atoms with Crippen LogP contribution in [-0.4, -0.2) is 20.5 Å². The van der Waals surface area contributed by atoms with Crippen LogP contribution in [0.5, 0.6) is 0 Å². The maximum Gasteiger partial charge on any atom is 0.339 e. The van der Waals surface area contributed by atoms with Crippen LogP contribution in [0.2, 0.25) is 0 Å². The average molecular weight is 281 g/mol. The minimum atomic E-state index is -3.75. The Morgan fingerprint density at radius 1 is 1.50 bits per heavy atom. The van der Waals surface area contributed by atoms with Crippen LogP contribution in [0.1, 0.15) is 29.6 Å². The number of carbonyl (C=O) groups is 1.